The molecule has 0 saturated carbocycles. The van der Waals surface area contributed by atoms with Crippen LogP contribution in [0, 0.1) is 23.2 Å². The number of carbonyl (C=O) groups excluding carboxylic acids is 1. The maximum absolute atomic E-state index is 13.9. The van der Waals surface area contributed by atoms with Gasteiger partial charge in [0.25, 0.3) is 5.91 Å². The SMILES string of the molecule is CC(C)(C)c1sc(C(C)(C)C)c(C(=O)N2CC3CN(CC[C@H](N)c4ccccc4)CC3C2)c1C#N. The van der Waals surface area contributed by atoms with Crippen LogP contribution < -0.4 is 5.73 Å². The van der Waals surface area contributed by atoms with Gasteiger partial charge in [0, 0.05) is 42.0 Å². The van der Waals surface area contributed by atoms with E-state index in [2.05, 4.69) is 64.6 Å². The molecule has 2 saturated heterocycles. The van der Waals surface area contributed by atoms with Crippen LogP contribution in [0.15, 0.2) is 30.3 Å². The first-order valence-electron chi connectivity index (χ1n) is 12.8. The fourth-order valence-electron chi connectivity index (χ4n) is 5.58. The Hall–Kier alpha value is -2.20. The first kappa shape index (κ1) is 25.9. The average Bonchev–Trinajstić information content (AvgIpc) is 3.48. The monoisotopic (exact) mass is 492 g/mol. The zero-order valence-corrected chi connectivity index (χ0v) is 22.9. The van der Waals surface area contributed by atoms with Gasteiger partial charge in [-0.25, -0.2) is 0 Å². The van der Waals surface area contributed by atoms with Crippen molar-refractivity contribution in [3.8, 4) is 6.07 Å². The Balaban J connectivity index is 1.44. The predicted octanol–water partition coefficient (Wildman–Crippen LogP) is 5.31. The number of thiophene rings is 1. The van der Waals surface area contributed by atoms with Crippen molar-refractivity contribution >= 4 is 17.2 Å². The Labute approximate surface area is 214 Å². The summed E-state index contributed by atoms with van der Waals surface area (Å²) in [6, 6.07) is 12.8. The number of nitrogens with zero attached hydrogens (tertiary/aromatic N) is 3. The highest BCUT2D eigenvalue weighted by Gasteiger charge is 2.43. The molecule has 188 valence electrons. The van der Waals surface area contributed by atoms with Gasteiger partial charge in [0.1, 0.15) is 6.07 Å². The molecule has 0 aliphatic carbocycles. The van der Waals surface area contributed by atoms with Crippen LogP contribution in [0.1, 0.15) is 85.2 Å². The van der Waals surface area contributed by atoms with Crippen molar-refractivity contribution in [2.75, 3.05) is 32.7 Å². The smallest absolute Gasteiger partial charge is 0.256 e. The van der Waals surface area contributed by atoms with Gasteiger partial charge in [0.05, 0.1) is 11.1 Å². The number of benzene rings is 1. The molecular weight excluding hydrogens is 452 g/mol. The van der Waals surface area contributed by atoms with Gasteiger partial charge in [-0.2, -0.15) is 5.26 Å². The summed E-state index contributed by atoms with van der Waals surface area (Å²) in [6.07, 6.45) is 0.942. The largest absolute Gasteiger partial charge is 0.338 e. The molecule has 3 heterocycles. The van der Waals surface area contributed by atoms with E-state index >= 15 is 0 Å². The van der Waals surface area contributed by atoms with E-state index in [1.54, 1.807) is 11.3 Å². The summed E-state index contributed by atoms with van der Waals surface area (Å²) in [4.78, 5) is 20.5. The van der Waals surface area contributed by atoms with Crippen LogP contribution in [0.5, 0.6) is 0 Å². The molecule has 35 heavy (non-hydrogen) atoms. The topological polar surface area (TPSA) is 73.4 Å². The number of nitriles is 1. The molecule has 3 atom stereocenters. The number of fused-ring (bicyclic) bond motifs is 1. The van der Waals surface area contributed by atoms with E-state index in [1.807, 2.05) is 23.1 Å². The van der Waals surface area contributed by atoms with Gasteiger partial charge in [-0.05, 0) is 41.2 Å². The van der Waals surface area contributed by atoms with Crippen molar-refractivity contribution in [2.45, 2.75) is 64.8 Å². The molecule has 2 unspecified atom stereocenters. The Morgan fingerprint density at radius 1 is 1.03 bits per heavy atom. The minimum absolute atomic E-state index is 0.0466. The lowest BCUT2D eigenvalue weighted by atomic mass is 9.86. The average molecular weight is 493 g/mol. The standard InChI is InChI=1S/C29H40N4OS/c1-28(2,3)25-22(14-30)24(26(35-25)29(4,5)6)27(34)33-17-20-15-32(16-21(20)18-33)13-12-23(31)19-10-8-7-9-11-19/h7-11,20-21,23H,12-13,15-18,31H2,1-6H3/t20?,21?,23-/m0/s1. The van der Waals surface area contributed by atoms with Gasteiger partial charge >= 0.3 is 0 Å². The highest BCUT2D eigenvalue weighted by atomic mass is 32.1. The van der Waals surface area contributed by atoms with Crippen molar-refractivity contribution in [1.82, 2.24) is 9.80 Å². The van der Waals surface area contributed by atoms with Crippen molar-refractivity contribution < 1.29 is 4.79 Å². The highest BCUT2D eigenvalue weighted by molar-refractivity contribution is 7.13. The van der Waals surface area contributed by atoms with E-state index in [1.165, 1.54) is 5.56 Å². The predicted molar refractivity (Wildman–Crippen MR) is 144 cm³/mol. The minimum Gasteiger partial charge on any atom is -0.338 e. The highest BCUT2D eigenvalue weighted by Crippen LogP contribution is 2.43. The summed E-state index contributed by atoms with van der Waals surface area (Å²) >= 11 is 1.65. The molecule has 1 aromatic heterocycles. The van der Waals surface area contributed by atoms with Crippen LogP contribution >= 0.6 is 11.3 Å². The molecule has 1 amide bonds. The third-order valence-electron chi connectivity index (χ3n) is 7.43. The first-order chi connectivity index (χ1) is 16.4. The molecule has 0 bridgehead atoms. The zero-order valence-electron chi connectivity index (χ0n) is 22.1. The lowest BCUT2D eigenvalue weighted by Crippen LogP contribution is -2.35. The summed E-state index contributed by atoms with van der Waals surface area (Å²) < 4.78 is 0. The van der Waals surface area contributed by atoms with E-state index in [9.17, 15) is 10.1 Å². The summed E-state index contributed by atoms with van der Waals surface area (Å²) in [5, 5.41) is 10.1. The quantitative estimate of drug-likeness (QED) is 0.614. The fraction of sp³-hybridized carbons (Fsp3) is 0.586. The molecule has 2 N–H and O–H groups in total. The second-order valence-corrected chi connectivity index (χ2v) is 13.4. The van der Waals surface area contributed by atoms with Gasteiger partial charge in [-0.15, -0.1) is 11.3 Å². The van der Waals surface area contributed by atoms with Crippen molar-refractivity contribution in [3.63, 3.8) is 0 Å². The van der Waals surface area contributed by atoms with Crippen LogP contribution in [0.2, 0.25) is 0 Å². The molecule has 1 aromatic carbocycles. The Bertz CT molecular complexity index is 1090. The third kappa shape index (κ3) is 5.33. The molecule has 0 spiro atoms. The molecule has 5 nitrogen and oxygen atoms in total. The van der Waals surface area contributed by atoms with Gasteiger partial charge in [-0.3, -0.25) is 4.79 Å². The maximum atomic E-state index is 13.9. The molecule has 6 heteroatoms. The number of carbonyl (C=O) groups is 1. The zero-order chi connectivity index (χ0) is 25.5. The van der Waals surface area contributed by atoms with Crippen LogP contribution in [-0.4, -0.2) is 48.4 Å². The lowest BCUT2D eigenvalue weighted by Gasteiger charge is -2.25. The second kappa shape index (κ2) is 9.69. The number of hydrogen-bond acceptors (Lipinski definition) is 5. The van der Waals surface area contributed by atoms with Gasteiger partial charge in [-0.1, -0.05) is 71.9 Å². The molecule has 2 aromatic rings. The van der Waals surface area contributed by atoms with Crippen LogP contribution in [0.3, 0.4) is 0 Å². The Morgan fingerprint density at radius 2 is 1.60 bits per heavy atom. The molecule has 2 fully saturated rings. The van der Waals surface area contributed by atoms with E-state index in [0.717, 1.165) is 48.9 Å². The summed E-state index contributed by atoms with van der Waals surface area (Å²) in [6.45, 7) is 17.4. The number of amides is 1. The summed E-state index contributed by atoms with van der Waals surface area (Å²) in [7, 11) is 0. The fourth-order valence-corrected chi connectivity index (χ4v) is 6.94. The molecular formula is C29H40N4OS. The molecule has 2 aliphatic heterocycles. The number of hydrogen-bond donors (Lipinski definition) is 1. The van der Waals surface area contributed by atoms with Crippen LogP contribution in [-0.2, 0) is 10.8 Å². The van der Waals surface area contributed by atoms with Gasteiger partial charge < -0.3 is 15.5 Å². The minimum atomic E-state index is -0.186. The van der Waals surface area contributed by atoms with E-state index in [0.29, 0.717) is 23.0 Å². The van der Waals surface area contributed by atoms with E-state index in [4.69, 9.17) is 5.73 Å². The number of likely N-dealkylation sites (tertiary alicyclic amines) is 2. The van der Waals surface area contributed by atoms with E-state index in [-0.39, 0.29) is 22.8 Å². The number of rotatable bonds is 5. The van der Waals surface area contributed by atoms with Crippen molar-refractivity contribution in [3.05, 3.63) is 56.8 Å². The Kier molecular flexibility index (Phi) is 7.16. The first-order valence-corrected chi connectivity index (χ1v) is 13.6. The normalized spacial score (nSPS) is 21.7. The summed E-state index contributed by atoms with van der Waals surface area (Å²) in [5.74, 6) is 1.04. The molecule has 2 aliphatic rings. The Morgan fingerprint density at radius 3 is 2.11 bits per heavy atom. The van der Waals surface area contributed by atoms with Crippen molar-refractivity contribution in [1.29, 1.82) is 5.26 Å². The second-order valence-electron chi connectivity index (χ2n) is 12.4. The van der Waals surface area contributed by atoms with Crippen LogP contribution in [0.4, 0.5) is 0 Å². The number of nitrogens with two attached hydrogens (primary N) is 1. The van der Waals surface area contributed by atoms with Crippen LogP contribution in [0.25, 0.3) is 0 Å². The lowest BCUT2D eigenvalue weighted by molar-refractivity contribution is 0.0772. The summed E-state index contributed by atoms with van der Waals surface area (Å²) in [5.41, 5.74) is 8.50. The van der Waals surface area contributed by atoms with Gasteiger partial charge in [0.2, 0.25) is 0 Å². The molecule has 4 rings (SSSR count). The molecule has 0 radical (unpaired) electrons. The van der Waals surface area contributed by atoms with Crippen molar-refractivity contribution in [2.24, 2.45) is 17.6 Å². The maximum Gasteiger partial charge on any atom is 0.256 e. The van der Waals surface area contributed by atoms with Gasteiger partial charge in [0.15, 0.2) is 0 Å². The van der Waals surface area contributed by atoms with E-state index < -0.39 is 0 Å². The third-order valence-corrected chi connectivity index (χ3v) is 9.47.